The molecule has 2 atom stereocenters. The molecule has 0 N–H and O–H groups in total. The van der Waals surface area contributed by atoms with Gasteiger partial charge in [-0.3, -0.25) is 19.5 Å². The number of benzodiazepines with no additional fused rings is 1. The molecular weight excluding hydrogens is 364 g/mol. The van der Waals surface area contributed by atoms with Crippen LogP contribution in [0.4, 0.5) is 5.69 Å². The molecule has 0 fully saturated rings. The molecule has 3 rings (SSSR count). The molecule has 0 unspecified atom stereocenters. The first kappa shape index (κ1) is 20.8. The van der Waals surface area contributed by atoms with Crippen LogP contribution in [0.1, 0.15) is 43.9 Å². The van der Waals surface area contributed by atoms with Gasteiger partial charge in [0.2, 0.25) is 0 Å². The van der Waals surface area contributed by atoms with E-state index in [-0.39, 0.29) is 25.0 Å². The molecule has 1 heterocycles. The third-order valence-corrected chi connectivity index (χ3v) is 5.31. The molecule has 1 aliphatic heterocycles. The van der Waals surface area contributed by atoms with Crippen LogP contribution in [0.3, 0.4) is 0 Å². The largest absolute Gasteiger partial charge is 0.465 e. The number of aliphatic imine (C=N–C) groups is 1. The van der Waals surface area contributed by atoms with E-state index >= 15 is 0 Å². The van der Waals surface area contributed by atoms with Gasteiger partial charge >= 0.3 is 5.97 Å². The summed E-state index contributed by atoms with van der Waals surface area (Å²) < 4.78 is 5.14. The fourth-order valence-electron chi connectivity index (χ4n) is 3.54. The SMILES string of the molecule is CCOC(=O)CN1C(=O)[C@H]([C@@H](C)CC)N=C(c2ccccc2)c2cc(C)ccc21. The first-order valence-corrected chi connectivity index (χ1v) is 10.2. The number of aryl methyl sites for hydroxylation is 1. The maximum atomic E-state index is 13.5. The molecule has 1 aliphatic rings. The van der Waals surface area contributed by atoms with E-state index in [0.29, 0.717) is 5.69 Å². The van der Waals surface area contributed by atoms with Crippen molar-refractivity contribution in [1.29, 1.82) is 0 Å². The van der Waals surface area contributed by atoms with Gasteiger partial charge in [-0.15, -0.1) is 0 Å². The number of fused-ring (bicyclic) bond motifs is 1. The Morgan fingerprint density at radius 3 is 2.55 bits per heavy atom. The van der Waals surface area contributed by atoms with Crippen molar-refractivity contribution >= 4 is 23.3 Å². The number of ether oxygens (including phenoxy) is 1. The van der Waals surface area contributed by atoms with E-state index in [1.54, 1.807) is 11.8 Å². The Morgan fingerprint density at radius 1 is 1.17 bits per heavy atom. The molecule has 2 aromatic carbocycles. The predicted octanol–water partition coefficient (Wildman–Crippen LogP) is 4.16. The molecule has 0 aliphatic carbocycles. The molecule has 5 heteroatoms. The summed E-state index contributed by atoms with van der Waals surface area (Å²) >= 11 is 0. The smallest absolute Gasteiger partial charge is 0.326 e. The topological polar surface area (TPSA) is 59.0 Å². The molecule has 0 spiro atoms. The zero-order chi connectivity index (χ0) is 21.0. The number of nitrogens with zero attached hydrogens (tertiary/aromatic N) is 2. The third kappa shape index (κ3) is 4.39. The number of carbonyl (C=O) groups is 2. The van der Waals surface area contributed by atoms with Gasteiger partial charge in [-0.1, -0.05) is 62.2 Å². The Hall–Kier alpha value is -2.95. The first-order valence-electron chi connectivity index (χ1n) is 10.2. The van der Waals surface area contributed by atoms with Gasteiger partial charge in [0.15, 0.2) is 0 Å². The number of esters is 1. The second-order valence-corrected chi connectivity index (χ2v) is 7.42. The quantitative estimate of drug-likeness (QED) is 0.694. The fourth-order valence-corrected chi connectivity index (χ4v) is 3.54. The molecule has 29 heavy (non-hydrogen) atoms. The molecule has 5 nitrogen and oxygen atoms in total. The van der Waals surface area contributed by atoms with Crippen LogP contribution in [-0.4, -0.2) is 36.8 Å². The van der Waals surface area contributed by atoms with Crippen LogP contribution in [0.5, 0.6) is 0 Å². The number of hydrogen-bond acceptors (Lipinski definition) is 4. The average Bonchev–Trinajstić information content (AvgIpc) is 2.83. The minimum absolute atomic E-state index is 0.0429. The maximum Gasteiger partial charge on any atom is 0.326 e. The van der Waals surface area contributed by atoms with Crippen molar-refractivity contribution in [3.8, 4) is 0 Å². The van der Waals surface area contributed by atoms with Gasteiger partial charge in [-0.05, 0) is 31.9 Å². The monoisotopic (exact) mass is 392 g/mol. The molecular formula is C24H28N2O3. The number of benzene rings is 2. The Morgan fingerprint density at radius 2 is 1.90 bits per heavy atom. The summed E-state index contributed by atoms with van der Waals surface area (Å²) in [6.45, 7) is 8.01. The van der Waals surface area contributed by atoms with Crippen LogP contribution in [0.25, 0.3) is 0 Å². The predicted molar refractivity (Wildman–Crippen MR) is 115 cm³/mol. The highest BCUT2D eigenvalue weighted by atomic mass is 16.5. The first-order chi connectivity index (χ1) is 14.0. The summed E-state index contributed by atoms with van der Waals surface area (Å²) in [4.78, 5) is 32.3. The standard InChI is InChI=1S/C24H28N2O3/c1-5-17(4)22-24(28)26(15-21(27)29-6-2)20-13-12-16(3)14-19(20)23(25-22)18-10-8-7-9-11-18/h7-14,17,22H,5-6,15H2,1-4H3/t17-,22-/m0/s1. The lowest BCUT2D eigenvalue weighted by Gasteiger charge is -2.26. The lowest BCUT2D eigenvalue weighted by molar-refractivity contribution is -0.142. The summed E-state index contributed by atoms with van der Waals surface area (Å²) in [5.41, 5.74) is 4.37. The van der Waals surface area contributed by atoms with Crippen LogP contribution in [0, 0.1) is 12.8 Å². The highest BCUT2D eigenvalue weighted by Crippen LogP contribution is 2.31. The van der Waals surface area contributed by atoms with Crippen LogP contribution in [0.15, 0.2) is 53.5 Å². The van der Waals surface area contributed by atoms with E-state index in [4.69, 9.17) is 9.73 Å². The number of anilines is 1. The average molecular weight is 392 g/mol. The zero-order valence-electron chi connectivity index (χ0n) is 17.5. The van der Waals surface area contributed by atoms with Crippen molar-refractivity contribution in [2.75, 3.05) is 18.1 Å². The van der Waals surface area contributed by atoms with Crippen LogP contribution in [0.2, 0.25) is 0 Å². The second-order valence-electron chi connectivity index (χ2n) is 7.42. The van der Waals surface area contributed by atoms with E-state index in [1.807, 2.05) is 69.3 Å². The van der Waals surface area contributed by atoms with Crippen LogP contribution >= 0.6 is 0 Å². The van der Waals surface area contributed by atoms with E-state index in [0.717, 1.165) is 28.8 Å². The summed E-state index contributed by atoms with van der Waals surface area (Å²) in [6, 6.07) is 15.2. The van der Waals surface area contributed by atoms with E-state index in [9.17, 15) is 9.59 Å². The summed E-state index contributed by atoms with van der Waals surface area (Å²) in [7, 11) is 0. The summed E-state index contributed by atoms with van der Waals surface area (Å²) in [5, 5.41) is 0. The van der Waals surface area contributed by atoms with Gasteiger partial charge in [0, 0.05) is 11.1 Å². The molecule has 0 bridgehead atoms. The normalized spacial score (nSPS) is 17.2. The van der Waals surface area contributed by atoms with Gasteiger partial charge in [-0.25, -0.2) is 0 Å². The molecule has 152 valence electrons. The zero-order valence-corrected chi connectivity index (χ0v) is 17.5. The molecule has 0 aromatic heterocycles. The lowest BCUT2D eigenvalue weighted by atomic mass is 9.97. The van der Waals surface area contributed by atoms with Gasteiger partial charge in [0.25, 0.3) is 5.91 Å². The molecule has 0 saturated heterocycles. The Labute approximate surface area is 172 Å². The van der Waals surface area contributed by atoms with E-state index < -0.39 is 12.0 Å². The maximum absolute atomic E-state index is 13.5. The molecule has 1 amide bonds. The van der Waals surface area contributed by atoms with Gasteiger partial charge in [-0.2, -0.15) is 0 Å². The van der Waals surface area contributed by atoms with E-state index in [1.165, 1.54) is 0 Å². The van der Waals surface area contributed by atoms with Crippen molar-refractivity contribution < 1.29 is 14.3 Å². The Kier molecular flexibility index (Phi) is 6.47. The summed E-state index contributed by atoms with van der Waals surface area (Å²) in [5.74, 6) is -0.539. The van der Waals surface area contributed by atoms with Gasteiger partial charge in [0.1, 0.15) is 12.6 Å². The van der Waals surface area contributed by atoms with Crippen LogP contribution < -0.4 is 4.90 Å². The molecule has 0 radical (unpaired) electrons. The Balaban J connectivity index is 2.21. The van der Waals surface area contributed by atoms with Gasteiger partial charge < -0.3 is 4.74 Å². The van der Waals surface area contributed by atoms with Crippen molar-refractivity contribution in [3.05, 3.63) is 65.2 Å². The number of amides is 1. The van der Waals surface area contributed by atoms with E-state index in [2.05, 4.69) is 0 Å². The fraction of sp³-hybridized carbons (Fsp3) is 0.375. The number of carbonyl (C=O) groups excluding carboxylic acids is 2. The van der Waals surface area contributed by atoms with Crippen molar-refractivity contribution in [2.24, 2.45) is 10.9 Å². The Bertz CT molecular complexity index is 921. The van der Waals surface area contributed by atoms with Crippen LogP contribution in [-0.2, 0) is 14.3 Å². The minimum Gasteiger partial charge on any atom is -0.465 e. The van der Waals surface area contributed by atoms with Crippen molar-refractivity contribution in [3.63, 3.8) is 0 Å². The van der Waals surface area contributed by atoms with Crippen molar-refractivity contribution in [2.45, 2.75) is 40.2 Å². The number of rotatable bonds is 6. The summed E-state index contributed by atoms with van der Waals surface area (Å²) in [6.07, 6.45) is 0.810. The molecule has 2 aromatic rings. The third-order valence-electron chi connectivity index (χ3n) is 5.31. The molecule has 0 saturated carbocycles. The lowest BCUT2D eigenvalue weighted by Crippen LogP contribution is -2.43. The number of hydrogen-bond donors (Lipinski definition) is 0. The minimum atomic E-state index is -0.558. The van der Waals surface area contributed by atoms with Crippen molar-refractivity contribution in [1.82, 2.24) is 0 Å². The second kappa shape index (κ2) is 9.03. The van der Waals surface area contributed by atoms with Gasteiger partial charge in [0.05, 0.1) is 18.0 Å². The highest BCUT2D eigenvalue weighted by Gasteiger charge is 2.35. The highest BCUT2D eigenvalue weighted by molar-refractivity contribution is 6.20.